The molecule has 0 saturated carbocycles. The summed E-state index contributed by atoms with van der Waals surface area (Å²) in [6, 6.07) is 13.4. The Morgan fingerprint density at radius 2 is 1.70 bits per heavy atom. The molecule has 2 aromatic rings. The van der Waals surface area contributed by atoms with Gasteiger partial charge in [0.15, 0.2) is 11.5 Å². The van der Waals surface area contributed by atoms with Crippen molar-refractivity contribution in [2.24, 2.45) is 0 Å². The Labute approximate surface area is 124 Å². The molecule has 2 aromatic carbocycles. The minimum Gasteiger partial charge on any atom is -0.497 e. The lowest BCUT2D eigenvalue weighted by atomic mass is 10.2. The molecule has 0 spiro atoms. The van der Waals surface area contributed by atoms with E-state index in [1.165, 1.54) is 0 Å². The van der Waals surface area contributed by atoms with Crippen molar-refractivity contribution in [3.63, 3.8) is 0 Å². The van der Waals surface area contributed by atoms with Crippen LogP contribution in [0.2, 0.25) is 0 Å². The van der Waals surface area contributed by atoms with Gasteiger partial charge in [0.1, 0.15) is 12.4 Å². The van der Waals surface area contributed by atoms with E-state index in [4.69, 9.17) is 25.8 Å². The quantitative estimate of drug-likeness (QED) is 0.753. The number of ether oxygens (including phenoxy) is 3. The topological polar surface area (TPSA) is 27.7 Å². The highest BCUT2D eigenvalue weighted by Crippen LogP contribution is 2.32. The van der Waals surface area contributed by atoms with E-state index in [0.29, 0.717) is 24.0 Å². The predicted octanol–water partition coefficient (Wildman–Crippen LogP) is 4.02. The fourth-order valence-corrected chi connectivity index (χ4v) is 2.08. The number of halogens is 1. The lowest BCUT2D eigenvalue weighted by molar-refractivity contribution is 0.282. The Balaban J connectivity index is 2.13. The summed E-state index contributed by atoms with van der Waals surface area (Å²) in [6.45, 7) is 0.453. The van der Waals surface area contributed by atoms with Crippen molar-refractivity contribution in [1.82, 2.24) is 0 Å². The SMILES string of the molecule is COc1ccc(COc2c(CCl)cccc2OC)cc1. The minimum atomic E-state index is 0.384. The van der Waals surface area contributed by atoms with Gasteiger partial charge in [0.25, 0.3) is 0 Å². The fraction of sp³-hybridized carbons (Fsp3) is 0.250. The van der Waals surface area contributed by atoms with E-state index in [1.54, 1.807) is 14.2 Å². The van der Waals surface area contributed by atoms with Gasteiger partial charge in [0.05, 0.1) is 20.1 Å². The normalized spacial score (nSPS) is 10.2. The lowest BCUT2D eigenvalue weighted by Crippen LogP contribution is -2.00. The molecule has 0 amide bonds. The summed E-state index contributed by atoms with van der Waals surface area (Å²) in [4.78, 5) is 0. The molecule has 0 aromatic heterocycles. The van der Waals surface area contributed by atoms with Crippen molar-refractivity contribution < 1.29 is 14.2 Å². The van der Waals surface area contributed by atoms with E-state index in [9.17, 15) is 0 Å². The first kappa shape index (κ1) is 14.5. The lowest BCUT2D eigenvalue weighted by Gasteiger charge is -2.14. The van der Waals surface area contributed by atoms with E-state index >= 15 is 0 Å². The van der Waals surface area contributed by atoms with Gasteiger partial charge < -0.3 is 14.2 Å². The Morgan fingerprint density at radius 1 is 0.950 bits per heavy atom. The van der Waals surface area contributed by atoms with Gasteiger partial charge in [-0.15, -0.1) is 11.6 Å². The van der Waals surface area contributed by atoms with Gasteiger partial charge >= 0.3 is 0 Å². The van der Waals surface area contributed by atoms with E-state index < -0.39 is 0 Å². The van der Waals surface area contributed by atoms with Crippen molar-refractivity contribution in [1.29, 1.82) is 0 Å². The summed E-state index contributed by atoms with van der Waals surface area (Å²) >= 11 is 5.93. The Bertz CT molecular complexity index is 530. The van der Waals surface area contributed by atoms with Crippen LogP contribution in [-0.2, 0) is 12.5 Å². The first-order valence-corrected chi connectivity index (χ1v) is 6.79. The zero-order valence-corrected chi connectivity index (χ0v) is 12.3. The molecule has 0 bridgehead atoms. The monoisotopic (exact) mass is 292 g/mol. The van der Waals surface area contributed by atoms with Crippen molar-refractivity contribution >= 4 is 11.6 Å². The summed E-state index contributed by atoms with van der Waals surface area (Å²) in [5.74, 6) is 2.60. The zero-order valence-electron chi connectivity index (χ0n) is 11.6. The highest BCUT2D eigenvalue weighted by Gasteiger charge is 2.10. The molecular weight excluding hydrogens is 276 g/mol. The van der Waals surface area contributed by atoms with E-state index in [2.05, 4.69) is 0 Å². The molecule has 0 N–H and O–H groups in total. The number of hydrogen-bond acceptors (Lipinski definition) is 3. The standard InChI is InChI=1S/C16H17ClO3/c1-18-14-8-6-12(7-9-14)11-20-16-13(10-17)4-3-5-15(16)19-2/h3-9H,10-11H2,1-2H3. The predicted molar refractivity (Wildman–Crippen MR) is 79.9 cm³/mol. The molecule has 0 saturated heterocycles. The zero-order chi connectivity index (χ0) is 14.4. The first-order chi connectivity index (χ1) is 9.78. The second-order valence-corrected chi connectivity index (χ2v) is 4.49. The van der Waals surface area contributed by atoms with Crippen molar-refractivity contribution in [3.8, 4) is 17.2 Å². The van der Waals surface area contributed by atoms with Crippen LogP contribution in [0.15, 0.2) is 42.5 Å². The smallest absolute Gasteiger partial charge is 0.166 e. The summed E-state index contributed by atoms with van der Waals surface area (Å²) in [6.07, 6.45) is 0. The molecule has 0 fully saturated rings. The molecule has 0 atom stereocenters. The fourth-order valence-electron chi connectivity index (χ4n) is 1.87. The Hall–Kier alpha value is -1.87. The first-order valence-electron chi connectivity index (χ1n) is 6.26. The molecule has 0 unspecified atom stereocenters. The van der Waals surface area contributed by atoms with Crippen molar-refractivity contribution in [2.45, 2.75) is 12.5 Å². The third kappa shape index (κ3) is 3.36. The maximum atomic E-state index is 5.93. The number of para-hydroxylation sites is 1. The molecular formula is C16H17ClO3. The van der Waals surface area contributed by atoms with Crippen LogP contribution in [0, 0.1) is 0 Å². The average Bonchev–Trinajstić information content (AvgIpc) is 2.52. The molecule has 3 nitrogen and oxygen atoms in total. The number of hydrogen-bond donors (Lipinski definition) is 0. The number of alkyl halides is 1. The van der Waals surface area contributed by atoms with Crippen LogP contribution in [0.25, 0.3) is 0 Å². The van der Waals surface area contributed by atoms with E-state index in [-0.39, 0.29) is 0 Å². The van der Waals surface area contributed by atoms with E-state index in [1.807, 2.05) is 42.5 Å². The molecule has 0 aliphatic rings. The van der Waals surface area contributed by atoms with Gasteiger partial charge in [-0.05, 0) is 23.8 Å². The summed E-state index contributed by atoms with van der Waals surface area (Å²) in [5.41, 5.74) is 1.97. The largest absolute Gasteiger partial charge is 0.497 e. The second kappa shape index (κ2) is 7.06. The molecule has 0 radical (unpaired) electrons. The molecule has 4 heteroatoms. The summed E-state index contributed by atoms with van der Waals surface area (Å²) in [5, 5.41) is 0. The van der Waals surface area contributed by atoms with Crippen LogP contribution in [0.3, 0.4) is 0 Å². The molecule has 106 valence electrons. The van der Waals surface area contributed by atoms with Crippen LogP contribution in [0.4, 0.5) is 0 Å². The number of methoxy groups -OCH3 is 2. The molecule has 0 aliphatic carbocycles. The Morgan fingerprint density at radius 3 is 2.30 bits per heavy atom. The Kier molecular flexibility index (Phi) is 5.13. The molecule has 20 heavy (non-hydrogen) atoms. The average molecular weight is 293 g/mol. The maximum absolute atomic E-state index is 5.93. The van der Waals surface area contributed by atoms with Gasteiger partial charge in [-0.25, -0.2) is 0 Å². The summed E-state index contributed by atoms with van der Waals surface area (Å²) < 4.78 is 16.3. The van der Waals surface area contributed by atoms with Crippen LogP contribution >= 0.6 is 11.6 Å². The van der Waals surface area contributed by atoms with Crippen molar-refractivity contribution in [3.05, 3.63) is 53.6 Å². The number of rotatable bonds is 6. The van der Waals surface area contributed by atoms with Gasteiger partial charge in [0.2, 0.25) is 0 Å². The summed E-state index contributed by atoms with van der Waals surface area (Å²) in [7, 11) is 3.26. The van der Waals surface area contributed by atoms with Crippen LogP contribution in [0.1, 0.15) is 11.1 Å². The van der Waals surface area contributed by atoms with Crippen LogP contribution in [0.5, 0.6) is 17.2 Å². The van der Waals surface area contributed by atoms with E-state index in [0.717, 1.165) is 16.9 Å². The number of benzene rings is 2. The third-order valence-electron chi connectivity index (χ3n) is 2.97. The highest BCUT2D eigenvalue weighted by atomic mass is 35.5. The molecule has 0 heterocycles. The van der Waals surface area contributed by atoms with Crippen LogP contribution in [-0.4, -0.2) is 14.2 Å². The molecule has 0 aliphatic heterocycles. The van der Waals surface area contributed by atoms with Gasteiger partial charge in [-0.1, -0.05) is 24.3 Å². The molecule has 2 rings (SSSR count). The maximum Gasteiger partial charge on any atom is 0.166 e. The minimum absolute atomic E-state index is 0.384. The second-order valence-electron chi connectivity index (χ2n) is 4.22. The van der Waals surface area contributed by atoms with Gasteiger partial charge in [-0.2, -0.15) is 0 Å². The van der Waals surface area contributed by atoms with Crippen LogP contribution < -0.4 is 14.2 Å². The van der Waals surface area contributed by atoms with Gasteiger partial charge in [-0.3, -0.25) is 0 Å². The highest BCUT2D eigenvalue weighted by molar-refractivity contribution is 6.17. The van der Waals surface area contributed by atoms with Crippen molar-refractivity contribution in [2.75, 3.05) is 14.2 Å². The van der Waals surface area contributed by atoms with Gasteiger partial charge in [0, 0.05) is 5.56 Å². The third-order valence-corrected chi connectivity index (χ3v) is 3.25.